The lowest BCUT2D eigenvalue weighted by Crippen LogP contribution is -2.22. The first-order chi connectivity index (χ1) is 10.7. The Balaban J connectivity index is 1.51. The summed E-state index contributed by atoms with van der Waals surface area (Å²) in [5, 5.41) is 3.90. The summed E-state index contributed by atoms with van der Waals surface area (Å²) < 4.78 is 1.16. The first-order valence-electron chi connectivity index (χ1n) is 7.37. The second-order valence-electron chi connectivity index (χ2n) is 5.34. The zero-order chi connectivity index (χ0) is 15.4. The molecule has 0 fully saturated rings. The number of aromatic nitrogens is 1. The van der Waals surface area contributed by atoms with Gasteiger partial charge in [-0.05, 0) is 31.0 Å². The lowest BCUT2D eigenvalue weighted by atomic mass is 10.1. The fourth-order valence-corrected chi connectivity index (χ4v) is 3.29. The number of hydrogen-bond donors (Lipinski definition) is 1. The summed E-state index contributed by atoms with van der Waals surface area (Å²) in [5.41, 5.74) is 3.43. The third-order valence-corrected chi connectivity index (χ3v) is 4.53. The number of nitrogens with one attached hydrogen (secondary N) is 1. The molecule has 1 heterocycles. The van der Waals surface area contributed by atoms with Crippen LogP contribution < -0.4 is 5.32 Å². The molecule has 0 saturated heterocycles. The highest BCUT2D eigenvalue weighted by Crippen LogP contribution is 2.21. The second-order valence-corrected chi connectivity index (χ2v) is 6.46. The van der Waals surface area contributed by atoms with Gasteiger partial charge in [0.25, 0.3) is 0 Å². The van der Waals surface area contributed by atoms with Crippen molar-refractivity contribution in [1.82, 2.24) is 10.3 Å². The van der Waals surface area contributed by atoms with E-state index in [1.54, 1.807) is 11.3 Å². The molecule has 0 bridgehead atoms. The molecule has 0 unspecified atom stereocenters. The van der Waals surface area contributed by atoms with Crippen LogP contribution in [0.4, 0.5) is 0 Å². The zero-order valence-electron chi connectivity index (χ0n) is 12.5. The molecule has 0 atom stereocenters. The molecule has 0 aliphatic rings. The number of para-hydroxylation sites is 1. The van der Waals surface area contributed by atoms with E-state index in [1.165, 1.54) is 11.1 Å². The van der Waals surface area contributed by atoms with Crippen molar-refractivity contribution < 1.29 is 4.79 Å². The van der Waals surface area contributed by atoms with E-state index in [0.29, 0.717) is 13.0 Å². The fourth-order valence-electron chi connectivity index (χ4n) is 2.38. The largest absolute Gasteiger partial charge is 0.350 e. The molecule has 0 aliphatic heterocycles. The Morgan fingerprint density at radius 1 is 1.18 bits per heavy atom. The molecule has 1 amide bonds. The predicted octanol–water partition coefficient (Wildman–Crippen LogP) is 3.85. The first-order valence-corrected chi connectivity index (χ1v) is 8.19. The summed E-state index contributed by atoms with van der Waals surface area (Å²) >= 11 is 1.63. The van der Waals surface area contributed by atoms with Crippen molar-refractivity contribution in [3.05, 3.63) is 64.7 Å². The van der Waals surface area contributed by atoms with Gasteiger partial charge in [0.1, 0.15) is 5.01 Å². The fraction of sp³-hybridized carbons (Fsp3) is 0.222. The predicted molar refractivity (Wildman–Crippen MR) is 91.0 cm³/mol. The number of aryl methyl sites for hydroxylation is 2. The van der Waals surface area contributed by atoms with Crippen LogP contribution in [0.2, 0.25) is 0 Å². The maximum atomic E-state index is 12.0. The van der Waals surface area contributed by atoms with Crippen LogP contribution in [0.25, 0.3) is 10.2 Å². The normalized spacial score (nSPS) is 10.8. The molecular formula is C18H18N2OS. The number of carbonyl (C=O) groups excluding carboxylic acids is 1. The summed E-state index contributed by atoms with van der Waals surface area (Å²) in [6.45, 7) is 2.57. The Morgan fingerprint density at radius 2 is 2.05 bits per heavy atom. The van der Waals surface area contributed by atoms with Crippen molar-refractivity contribution in [3.63, 3.8) is 0 Å². The second kappa shape index (κ2) is 6.71. The van der Waals surface area contributed by atoms with E-state index in [2.05, 4.69) is 41.5 Å². The number of benzene rings is 2. The van der Waals surface area contributed by atoms with Gasteiger partial charge in [-0.25, -0.2) is 4.98 Å². The van der Waals surface area contributed by atoms with Gasteiger partial charge in [0.2, 0.25) is 5.91 Å². The summed E-state index contributed by atoms with van der Waals surface area (Å²) in [6.07, 6.45) is 1.28. The van der Waals surface area contributed by atoms with Crippen LogP contribution in [0.5, 0.6) is 0 Å². The highest BCUT2D eigenvalue weighted by Gasteiger charge is 2.06. The minimum absolute atomic E-state index is 0.0702. The van der Waals surface area contributed by atoms with Crippen LogP contribution in [0.15, 0.2) is 48.5 Å². The maximum absolute atomic E-state index is 12.0. The lowest BCUT2D eigenvalue weighted by Gasteiger charge is -2.04. The number of carbonyl (C=O) groups is 1. The van der Waals surface area contributed by atoms with E-state index in [1.807, 2.05) is 24.3 Å². The van der Waals surface area contributed by atoms with Gasteiger partial charge in [-0.1, -0.05) is 42.0 Å². The third-order valence-electron chi connectivity index (χ3n) is 3.50. The zero-order valence-corrected chi connectivity index (χ0v) is 13.3. The monoisotopic (exact) mass is 310 g/mol. The average molecular weight is 310 g/mol. The van der Waals surface area contributed by atoms with Gasteiger partial charge in [0.05, 0.1) is 16.8 Å². The van der Waals surface area contributed by atoms with Crippen molar-refractivity contribution in [2.45, 2.75) is 26.3 Å². The summed E-state index contributed by atoms with van der Waals surface area (Å²) in [7, 11) is 0. The maximum Gasteiger partial charge on any atom is 0.220 e. The number of thiazole rings is 1. The molecule has 112 valence electrons. The van der Waals surface area contributed by atoms with Gasteiger partial charge < -0.3 is 5.32 Å². The molecule has 0 radical (unpaired) electrons. The summed E-state index contributed by atoms with van der Waals surface area (Å²) in [4.78, 5) is 16.5. The van der Waals surface area contributed by atoms with Gasteiger partial charge >= 0.3 is 0 Å². The molecule has 2 aromatic carbocycles. The molecule has 3 rings (SSSR count). The molecule has 0 aliphatic carbocycles. The van der Waals surface area contributed by atoms with E-state index >= 15 is 0 Å². The van der Waals surface area contributed by atoms with E-state index in [9.17, 15) is 4.79 Å². The molecule has 1 N–H and O–H groups in total. The van der Waals surface area contributed by atoms with Crippen LogP contribution in [0.1, 0.15) is 22.6 Å². The Hall–Kier alpha value is -2.20. The van der Waals surface area contributed by atoms with Gasteiger partial charge in [-0.3, -0.25) is 4.79 Å². The molecule has 3 nitrogen and oxygen atoms in total. The van der Waals surface area contributed by atoms with Crippen molar-refractivity contribution in [3.8, 4) is 0 Å². The van der Waals surface area contributed by atoms with E-state index in [0.717, 1.165) is 21.6 Å². The van der Waals surface area contributed by atoms with Crippen LogP contribution in [-0.4, -0.2) is 10.9 Å². The van der Waals surface area contributed by atoms with Gasteiger partial charge in [-0.15, -0.1) is 11.3 Å². The van der Waals surface area contributed by atoms with Crippen molar-refractivity contribution in [2.75, 3.05) is 0 Å². The number of amides is 1. The van der Waals surface area contributed by atoms with Crippen molar-refractivity contribution >= 4 is 27.5 Å². The molecular weight excluding hydrogens is 292 g/mol. The van der Waals surface area contributed by atoms with Gasteiger partial charge in [0, 0.05) is 6.42 Å². The van der Waals surface area contributed by atoms with Crippen LogP contribution >= 0.6 is 11.3 Å². The Kier molecular flexibility index (Phi) is 4.49. The van der Waals surface area contributed by atoms with Crippen LogP contribution in [0.3, 0.4) is 0 Å². The number of rotatable bonds is 5. The third kappa shape index (κ3) is 3.71. The highest BCUT2D eigenvalue weighted by atomic mass is 32.1. The minimum atomic E-state index is 0.0702. The quantitative estimate of drug-likeness (QED) is 0.777. The highest BCUT2D eigenvalue weighted by molar-refractivity contribution is 7.18. The Morgan fingerprint density at radius 3 is 2.86 bits per heavy atom. The standard InChI is InChI=1S/C18H18N2OS/c1-13-5-4-6-14(11-13)9-10-17(21)19-12-18-20-15-7-2-3-8-16(15)22-18/h2-8,11H,9-10,12H2,1H3,(H,19,21). The van der Waals surface area contributed by atoms with Gasteiger partial charge in [0.15, 0.2) is 0 Å². The molecule has 4 heteroatoms. The average Bonchev–Trinajstić information content (AvgIpc) is 2.94. The molecule has 0 saturated carbocycles. The number of nitrogens with zero attached hydrogens (tertiary/aromatic N) is 1. The molecule has 3 aromatic rings. The van der Waals surface area contributed by atoms with E-state index in [-0.39, 0.29) is 5.91 Å². The van der Waals surface area contributed by atoms with Crippen LogP contribution in [0, 0.1) is 6.92 Å². The van der Waals surface area contributed by atoms with Crippen LogP contribution in [-0.2, 0) is 17.8 Å². The lowest BCUT2D eigenvalue weighted by molar-refractivity contribution is -0.121. The smallest absolute Gasteiger partial charge is 0.220 e. The van der Waals surface area contributed by atoms with Crippen molar-refractivity contribution in [2.24, 2.45) is 0 Å². The molecule has 1 aromatic heterocycles. The molecule has 22 heavy (non-hydrogen) atoms. The SMILES string of the molecule is Cc1cccc(CCC(=O)NCc2nc3ccccc3s2)c1. The first kappa shape index (κ1) is 14.7. The topological polar surface area (TPSA) is 42.0 Å². The van der Waals surface area contributed by atoms with Crippen molar-refractivity contribution in [1.29, 1.82) is 0 Å². The van der Waals surface area contributed by atoms with Gasteiger partial charge in [-0.2, -0.15) is 0 Å². The Bertz CT molecular complexity index is 761. The summed E-state index contributed by atoms with van der Waals surface area (Å²) in [6, 6.07) is 16.3. The number of fused-ring (bicyclic) bond motifs is 1. The summed E-state index contributed by atoms with van der Waals surface area (Å²) in [5.74, 6) is 0.0702. The Labute approximate surface area is 134 Å². The molecule has 0 spiro atoms. The minimum Gasteiger partial charge on any atom is -0.350 e. The number of hydrogen-bond acceptors (Lipinski definition) is 3. The van der Waals surface area contributed by atoms with E-state index in [4.69, 9.17) is 0 Å². The van der Waals surface area contributed by atoms with E-state index < -0.39 is 0 Å².